The van der Waals surface area contributed by atoms with Crippen molar-refractivity contribution in [3.8, 4) is 0 Å². The van der Waals surface area contributed by atoms with E-state index in [1.165, 1.54) is 6.08 Å². The summed E-state index contributed by atoms with van der Waals surface area (Å²) in [5.74, 6) is 0. The van der Waals surface area contributed by atoms with Crippen molar-refractivity contribution >= 4 is 14.4 Å². The number of carbonyl (C=O) groups is 1. The third-order valence-corrected chi connectivity index (χ3v) is 9.37. The van der Waals surface area contributed by atoms with E-state index in [-0.39, 0.29) is 5.04 Å². The SMILES string of the molecule is C/C=C/C=C/[C@@H](O)[C@H](NC(=O)OC(C)(C)C)[C@H](O)[C@@H](C)O[Si](C)(C)C(C)(C)C. The van der Waals surface area contributed by atoms with Crippen molar-refractivity contribution in [1.29, 1.82) is 0 Å². The van der Waals surface area contributed by atoms with Crippen LogP contribution < -0.4 is 5.32 Å². The van der Waals surface area contributed by atoms with Gasteiger partial charge in [0.15, 0.2) is 8.32 Å². The third kappa shape index (κ3) is 9.36. The summed E-state index contributed by atoms with van der Waals surface area (Å²) < 4.78 is 11.5. The summed E-state index contributed by atoms with van der Waals surface area (Å²) in [5.41, 5.74) is -0.686. The number of rotatable bonds is 8. The van der Waals surface area contributed by atoms with Crippen LogP contribution in [-0.4, -0.2) is 54.6 Å². The fourth-order valence-corrected chi connectivity index (χ4v) is 3.65. The van der Waals surface area contributed by atoms with Gasteiger partial charge in [0.1, 0.15) is 11.7 Å². The van der Waals surface area contributed by atoms with Crippen LogP contribution in [0.2, 0.25) is 18.1 Å². The summed E-state index contributed by atoms with van der Waals surface area (Å²) in [5, 5.41) is 24.0. The molecule has 1 amide bonds. The molecule has 164 valence electrons. The van der Waals surface area contributed by atoms with Crippen molar-refractivity contribution in [1.82, 2.24) is 5.32 Å². The lowest BCUT2D eigenvalue weighted by Crippen LogP contribution is -2.57. The van der Waals surface area contributed by atoms with Crippen molar-refractivity contribution in [3.05, 3.63) is 24.3 Å². The Kier molecular flexibility index (Phi) is 10.1. The molecule has 0 aliphatic carbocycles. The Morgan fingerprint density at radius 3 is 2.04 bits per heavy atom. The number of ether oxygens (including phenoxy) is 1. The van der Waals surface area contributed by atoms with Crippen molar-refractivity contribution in [2.24, 2.45) is 0 Å². The van der Waals surface area contributed by atoms with Gasteiger partial charge >= 0.3 is 6.09 Å². The molecule has 0 radical (unpaired) electrons. The van der Waals surface area contributed by atoms with E-state index in [2.05, 4.69) is 39.2 Å². The molecule has 0 aromatic rings. The molecular weight excluding hydrogens is 374 g/mol. The minimum atomic E-state index is -2.14. The Labute approximate surface area is 172 Å². The molecule has 28 heavy (non-hydrogen) atoms. The standard InChI is InChI=1S/C21H41NO5Si/c1-11-12-13-14-16(23)17(22-19(25)26-20(3,4)5)18(24)15(2)27-28(9,10)21(6,7)8/h11-18,23-24H,1-10H3,(H,22,25)/b12-11+,14-13+/t15-,16-,17+,18-/m1/s1. The molecule has 0 aliphatic rings. The van der Waals surface area contributed by atoms with Gasteiger partial charge in [-0.05, 0) is 52.8 Å². The summed E-state index contributed by atoms with van der Waals surface area (Å²) >= 11 is 0. The lowest BCUT2D eigenvalue weighted by atomic mass is 10.0. The fourth-order valence-electron chi connectivity index (χ4n) is 2.23. The van der Waals surface area contributed by atoms with Crippen LogP contribution in [0.25, 0.3) is 0 Å². The average Bonchev–Trinajstić information content (AvgIpc) is 2.48. The highest BCUT2D eigenvalue weighted by Crippen LogP contribution is 2.37. The predicted molar refractivity (Wildman–Crippen MR) is 117 cm³/mol. The summed E-state index contributed by atoms with van der Waals surface area (Å²) in [6.07, 6.45) is 3.26. The summed E-state index contributed by atoms with van der Waals surface area (Å²) in [6, 6.07) is -0.976. The number of hydrogen-bond acceptors (Lipinski definition) is 5. The number of alkyl carbamates (subject to hydrolysis) is 1. The first kappa shape index (κ1) is 26.8. The van der Waals surface area contributed by atoms with Crippen LogP contribution in [0.4, 0.5) is 4.79 Å². The zero-order valence-electron chi connectivity index (χ0n) is 19.2. The number of nitrogens with one attached hydrogen (secondary N) is 1. The topological polar surface area (TPSA) is 88.0 Å². The molecule has 0 rings (SSSR count). The molecule has 3 N–H and O–H groups in total. The normalized spacial score (nSPS) is 18.1. The largest absolute Gasteiger partial charge is 0.444 e. The zero-order valence-corrected chi connectivity index (χ0v) is 20.2. The molecule has 0 aromatic heterocycles. The van der Waals surface area contributed by atoms with Gasteiger partial charge in [-0.15, -0.1) is 0 Å². The van der Waals surface area contributed by atoms with Gasteiger partial charge in [0.25, 0.3) is 0 Å². The second-order valence-corrected chi connectivity index (χ2v) is 14.4. The lowest BCUT2D eigenvalue weighted by molar-refractivity contribution is -0.0202. The molecule has 0 aromatic carbocycles. The summed E-state index contributed by atoms with van der Waals surface area (Å²) in [4.78, 5) is 12.2. The van der Waals surface area contributed by atoms with Gasteiger partial charge in [0, 0.05) is 0 Å². The van der Waals surface area contributed by atoms with E-state index in [0.717, 1.165) is 0 Å². The van der Waals surface area contributed by atoms with Crippen molar-refractivity contribution < 1.29 is 24.2 Å². The van der Waals surface area contributed by atoms with Gasteiger partial charge in [0.05, 0.1) is 18.2 Å². The summed E-state index contributed by atoms with van der Waals surface area (Å²) in [6.45, 7) is 19.4. The van der Waals surface area contributed by atoms with Crippen molar-refractivity contribution in [2.75, 3.05) is 0 Å². The van der Waals surface area contributed by atoms with Gasteiger partial charge < -0.3 is 24.7 Å². The average molecular weight is 416 g/mol. The minimum absolute atomic E-state index is 0.0283. The Morgan fingerprint density at radius 2 is 1.61 bits per heavy atom. The number of amides is 1. The molecule has 0 fully saturated rings. The molecule has 0 bridgehead atoms. The van der Waals surface area contributed by atoms with Crippen LogP contribution in [0.3, 0.4) is 0 Å². The molecule has 6 nitrogen and oxygen atoms in total. The maximum absolute atomic E-state index is 12.2. The maximum Gasteiger partial charge on any atom is 0.408 e. The molecule has 0 aliphatic heterocycles. The molecule has 0 heterocycles. The minimum Gasteiger partial charge on any atom is -0.444 e. The monoisotopic (exact) mass is 415 g/mol. The number of carbonyl (C=O) groups excluding carboxylic acids is 1. The van der Waals surface area contributed by atoms with Crippen LogP contribution in [0, 0.1) is 0 Å². The first-order valence-corrected chi connectivity index (χ1v) is 12.8. The van der Waals surface area contributed by atoms with Crippen molar-refractivity contribution in [2.45, 2.75) is 103 Å². The van der Waals surface area contributed by atoms with E-state index in [4.69, 9.17) is 9.16 Å². The highest BCUT2D eigenvalue weighted by Gasteiger charge is 2.41. The third-order valence-electron chi connectivity index (χ3n) is 4.80. The van der Waals surface area contributed by atoms with Crippen LogP contribution >= 0.6 is 0 Å². The Hall–Kier alpha value is -1.15. The van der Waals surface area contributed by atoms with Gasteiger partial charge in [-0.3, -0.25) is 0 Å². The highest BCUT2D eigenvalue weighted by atomic mass is 28.4. The predicted octanol–water partition coefficient (Wildman–Crippen LogP) is 4.14. The Morgan fingerprint density at radius 1 is 1.07 bits per heavy atom. The molecule has 0 unspecified atom stereocenters. The van der Waals surface area contributed by atoms with Gasteiger partial charge in [-0.25, -0.2) is 4.79 Å². The molecule has 0 spiro atoms. The molecule has 4 atom stereocenters. The number of aliphatic hydroxyl groups excluding tert-OH is 2. The molecule has 0 saturated heterocycles. The first-order valence-electron chi connectivity index (χ1n) is 9.85. The van der Waals surface area contributed by atoms with Gasteiger partial charge in [-0.1, -0.05) is 45.1 Å². The van der Waals surface area contributed by atoms with E-state index >= 15 is 0 Å². The number of aliphatic hydroxyl groups is 2. The quantitative estimate of drug-likeness (QED) is 0.409. The number of hydrogen-bond donors (Lipinski definition) is 3. The van der Waals surface area contributed by atoms with E-state index in [0.29, 0.717) is 0 Å². The second-order valence-electron chi connectivity index (χ2n) is 9.65. The van der Waals surface area contributed by atoms with Gasteiger partial charge in [0.2, 0.25) is 0 Å². The van der Waals surface area contributed by atoms with Crippen LogP contribution in [-0.2, 0) is 9.16 Å². The van der Waals surface area contributed by atoms with Crippen LogP contribution in [0.5, 0.6) is 0 Å². The molecule has 0 saturated carbocycles. The first-order chi connectivity index (χ1) is 12.5. The Bertz CT molecular complexity index is 546. The lowest BCUT2D eigenvalue weighted by Gasteiger charge is -2.41. The highest BCUT2D eigenvalue weighted by molar-refractivity contribution is 6.74. The van der Waals surface area contributed by atoms with Gasteiger partial charge in [-0.2, -0.15) is 0 Å². The number of allylic oxidation sites excluding steroid dienone is 3. The summed E-state index contributed by atoms with van der Waals surface area (Å²) in [7, 11) is -2.14. The van der Waals surface area contributed by atoms with Crippen molar-refractivity contribution in [3.63, 3.8) is 0 Å². The van der Waals surface area contributed by atoms with E-state index in [1.54, 1.807) is 39.8 Å². The molecular formula is C21H41NO5Si. The molecule has 7 heteroatoms. The fraction of sp³-hybridized carbons (Fsp3) is 0.762. The van der Waals surface area contributed by atoms with Crippen LogP contribution in [0.1, 0.15) is 55.4 Å². The van der Waals surface area contributed by atoms with E-state index in [9.17, 15) is 15.0 Å². The maximum atomic E-state index is 12.2. The van der Waals surface area contributed by atoms with Crippen LogP contribution in [0.15, 0.2) is 24.3 Å². The van der Waals surface area contributed by atoms with E-state index < -0.39 is 44.4 Å². The zero-order chi connectivity index (χ0) is 22.3. The second kappa shape index (κ2) is 10.6. The smallest absolute Gasteiger partial charge is 0.408 e. The Balaban J connectivity index is 5.49. The van der Waals surface area contributed by atoms with E-state index in [1.807, 2.05) is 13.0 Å².